The van der Waals surface area contributed by atoms with Crippen LogP contribution < -0.4 is 5.32 Å². The van der Waals surface area contributed by atoms with Crippen molar-refractivity contribution in [2.24, 2.45) is 5.41 Å². The van der Waals surface area contributed by atoms with Crippen LogP contribution in [0.15, 0.2) is 48.7 Å². The van der Waals surface area contributed by atoms with E-state index in [1.165, 1.54) is 0 Å². The first-order valence-electron chi connectivity index (χ1n) is 12.1. The van der Waals surface area contributed by atoms with Crippen LogP contribution in [0.2, 0.25) is 0 Å². The monoisotopic (exact) mass is 478 g/mol. The summed E-state index contributed by atoms with van der Waals surface area (Å²) >= 11 is 0. The van der Waals surface area contributed by atoms with Crippen LogP contribution in [0.3, 0.4) is 0 Å². The third-order valence-corrected chi connectivity index (χ3v) is 6.80. The summed E-state index contributed by atoms with van der Waals surface area (Å²) in [6.45, 7) is 8.91. The lowest BCUT2D eigenvalue weighted by molar-refractivity contribution is -0.150. The zero-order chi connectivity index (χ0) is 25.2. The molecule has 0 aliphatic carbocycles. The van der Waals surface area contributed by atoms with Crippen LogP contribution in [0.4, 0.5) is 0 Å². The van der Waals surface area contributed by atoms with Crippen molar-refractivity contribution in [3.8, 4) is 0 Å². The number of hydrogen-bond acceptors (Lipinski definition) is 5. The highest BCUT2D eigenvalue weighted by atomic mass is 16.5. The molecule has 1 atom stereocenters. The van der Waals surface area contributed by atoms with Gasteiger partial charge in [-0.3, -0.25) is 24.3 Å². The Morgan fingerprint density at radius 2 is 1.77 bits per heavy atom. The Balaban J connectivity index is 1.58. The predicted molar refractivity (Wildman–Crippen MR) is 131 cm³/mol. The first-order valence-corrected chi connectivity index (χ1v) is 12.1. The molecule has 1 aromatic carbocycles. The summed E-state index contributed by atoms with van der Waals surface area (Å²) in [7, 11) is 0. The summed E-state index contributed by atoms with van der Waals surface area (Å²) in [6.07, 6.45) is 2.59. The number of aryl methyl sites for hydroxylation is 1. The lowest BCUT2D eigenvalue weighted by Gasteiger charge is -2.45. The molecule has 186 valence electrons. The van der Waals surface area contributed by atoms with Crippen molar-refractivity contribution in [3.05, 3.63) is 65.5 Å². The molecule has 1 spiro atoms. The van der Waals surface area contributed by atoms with E-state index < -0.39 is 17.2 Å². The number of nitrogens with one attached hydrogen (secondary N) is 1. The molecule has 8 heteroatoms. The van der Waals surface area contributed by atoms with Gasteiger partial charge in [0.2, 0.25) is 11.8 Å². The topological polar surface area (TPSA) is 91.8 Å². The molecular formula is C27H34N4O4. The van der Waals surface area contributed by atoms with E-state index in [2.05, 4.69) is 10.3 Å². The summed E-state index contributed by atoms with van der Waals surface area (Å²) in [5.74, 6) is -0.427. The number of carbonyl (C=O) groups is 3. The Hall–Kier alpha value is -3.26. The minimum atomic E-state index is -0.930. The van der Waals surface area contributed by atoms with E-state index in [1.54, 1.807) is 17.2 Å². The van der Waals surface area contributed by atoms with Gasteiger partial charge in [-0.15, -0.1) is 0 Å². The number of benzene rings is 1. The molecule has 1 aromatic heterocycles. The van der Waals surface area contributed by atoms with Gasteiger partial charge in [-0.2, -0.15) is 0 Å². The molecule has 2 aliphatic heterocycles. The number of hydrogen-bond donors (Lipinski definition) is 1. The van der Waals surface area contributed by atoms with Crippen LogP contribution in [-0.2, 0) is 20.9 Å². The van der Waals surface area contributed by atoms with E-state index in [4.69, 9.17) is 4.74 Å². The fourth-order valence-corrected chi connectivity index (χ4v) is 4.84. The zero-order valence-corrected chi connectivity index (χ0v) is 20.9. The van der Waals surface area contributed by atoms with Gasteiger partial charge in [0.25, 0.3) is 5.91 Å². The van der Waals surface area contributed by atoms with E-state index in [9.17, 15) is 14.4 Å². The second-order valence-corrected chi connectivity index (χ2v) is 10.3. The van der Waals surface area contributed by atoms with E-state index in [1.807, 2.05) is 69.0 Å². The fraction of sp³-hybridized carbons (Fsp3) is 0.481. The lowest BCUT2D eigenvalue weighted by Crippen LogP contribution is -2.60. The van der Waals surface area contributed by atoms with Gasteiger partial charge >= 0.3 is 0 Å². The molecule has 2 fully saturated rings. The molecule has 0 saturated carbocycles. The molecule has 2 aromatic rings. The molecule has 2 saturated heterocycles. The Morgan fingerprint density at radius 1 is 1.09 bits per heavy atom. The number of nitrogens with zero attached hydrogens (tertiary/aromatic N) is 3. The summed E-state index contributed by atoms with van der Waals surface area (Å²) in [4.78, 5) is 47.7. The Morgan fingerprint density at radius 3 is 2.40 bits per heavy atom. The Kier molecular flexibility index (Phi) is 6.94. The maximum Gasteiger partial charge on any atom is 0.257 e. The van der Waals surface area contributed by atoms with Gasteiger partial charge < -0.3 is 15.0 Å². The molecular weight excluding hydrogens is 444 g/mol. The summed E-state index contributed by atoms with van der Waals surface area (Å²) in [6, 6.07) is 12.1. The lowest BCUT2D eigenvalue weighted by atomic mass is 9.91. The summed E-state index contributed by atoms with van der Waals surface area (Å²) in [5.41, 5.74) is 0.716. The standard InChI is InChI=1S/C27H34N4O4/c1-19-9-5-6-11-21(19)24(33)31-22(23(32)29-17-20-10-7-8-14-28-20)18-35-27(31)12-15-30(16-13-27)25(34)26(2,3)4/h5-11,14,22H,12-13,15-18H2,1-4H3,(H,29,32)/t22-/m1/s1. The molecule has 1 N–H and O–H groups in total. The van der Waals surface area contributed by atoms with Gasteiger partial charge in [0.15, 0.2) is 0 Å². The number of piperidine rings is 1. The van der Waals surface area contributed by atoms with Crippen LogP contribution in [-0.4, -0.2) is 64.0 Å². The Labute approximate surface area is 206 Å². The van der Waals surface area contributed by atoms with Crippen LogP contribution in [0, 0.1) is 12.3 Å². The van der Waals surface area contributed by atoms with Gasteiger partial charge in [0, 0.05) is 43.1 Å². The number of carbonyl (C=O) groups excluding carboxylic acids is 3. The van der Waals surface area contributed by atoms with Crippen LogP contribution in [0.25, 0.3) is 0 Å². The molecule has 0 radical (unpaired) electrons. The number of rotatable bonds is 4. The van der Waals surface area contributed by atoms with Crippen molar-refractivity contribution in [2.45, 2.75) is 58.8 Å². The number of ether oxygens (including phenoxy) is 1. The average molecular weight is 479 g/mol. The molecule has 0 unspecified atom stereocenters. The number of aromatic nitrogens is 1. The number of likely N-dealkylation sites (tertiary alicyclic amines) is 1. The fourth-order valence-electron chi connectivity index (χ4n) is 4.84. The highest BCUT2D eigenvalue weighted by Crippen LogP contribution is 2.39. The second-order valence-electron chi connectivity index (χ2n) is 10.3. The van der Waals surface area contributed by atoms with Crippen LogP contribution in [0.1, 0.15) is 55.2 Å². The van der Waals surface area contributed by atoms with Gasteiger partial charge in [0.1, 0.15) is 11.8 Å². The molecule has 3 heterocycles. The maximum atomic E-state index is 13.9. The van der Waals surface area contributed by atoms with Gasteiger partial charge in [-0.25, -0.2) is 0 Å². The maximum absolute atomic E-state index is 13.9. The first kappa shape index (κ1) is 24.9. The van der Waals surface area contributed by atoms with Crippen molar-refractivity contribution in [2.75, 3.05) is 19.7 Å². The van der Waals surface area contributed by atoms with Crippen molar-refractivity contribution in [3.63, 3.8) is 0 Å². The highest BCUT2D eigenvalue weighted by molar-refractivity contribution is 5.99. The van der Waals surface area contributed by atoms with Crippen LogP contribution in [0.5, 0.6) is 0 Å². The number of amides is 3. The molecule has 35 heavy (non-hydrogen) atoms. The smallest absolute Gasteiger partial charge is 0.257 e. The minimum absolute atomic E-state index is 0.0757. The van der Waals surface area contributed by atoms with E-state index in [0.29, 0.717) is 31.5 Å². The van der Waals surface area contributed by atoms with Gasteiger partial charge in [-0.05, 0) is 30.7 Å². The Bertz CT molecular complexity index is 1090. The third-order valence-electron chi connectivity index (χ3n) is 6.80. The van der Waals surface area contributed by atoms with Gasteiger partial charge in [-0.1, -0.05) is 45.0 Å². The molecule has 4 rings (SSSR count). The van der Waals surface area contributed by atoms with Crippen LogP contribution >= 0.6 is 0 Å². The second kappa shape index (κ2) is 9.77. The largest absolute Gasteiger partial charge is 0.353 e. The minimum Gasteiger partial charge on any atom is -0.353 e. The zero-order valence-electron chi connectivity index (χ0n) is 20.9. The van der Waals surface area contributed by atoms with E-state index >= 15 is 0 Å². The molecule has 0 bridgehead atoms. The van der Waals surface area contributed by atoms with E-state index in [-0.39, 0.29) is 30.9 Å². The van der Waals surface area contributed by atoms with Crippen molar-refractivity contribution >= 4 is 17.7 Å². The average Bonchev–Trinajstić information content (AvgIpc) is 3.21. The third kappa shape index (κ3) is 5.07. The van der Waals surface area contributed by atoms with Crippen molar-refractivity contribution < 1.29 is 19.1 Å². The van der Waals surface area contributed by atoms with E-state index in [0.717, 1.165) is 11.3 Å². The first-order chi connectivity index (χ1) is 16.6. The SMILES string of the molecule is Cc1ccccc1C(=O)N1[C@@H](C(=O)NCc2ccccn2)COC12CCN(C(=O)C(C)(C)C)CC2. The van der Waals surface area contributed by atoms with Crippen molar-refractivity contribution in [1.29, 1.82) is 0 Å². The predicted octanol–water partition coefficient (Wildman–Crippen LogP) is 2.91. The highest BCUT2D eigenvalue weighted by Gasteiger charge is 2.54. The number of pyridine rings is 1. The summed E-state index contributed by atoms with van der Waals surface area (Å²) in [5, 5.41) is 2.92. The summed E-state index contributed by atoms with van der Waals surface area (Å²) < 4.78 is 6.27. The molecule has 2 aliphatic rings. The normalized spacial score (nSPS) is 19.6. The van der Waals surface area contributed by atoms with Crippen molar-refractivity contribution in [1.82, 2.24) is 20.1 Å². The molecule has 8 nitrogen and oxygen atoms in total. The molecule has 3 amide bonds. The van der Waals surface area contributed by atoms with Gasteiger partial charge in [0.05, 0.1) is 18.8 Å². The quantitative estimate of drug-likeness (QED) is 0.730.